The van der Waals surface area contributed by atoms with Crippen molar-refractivity contribution in [2.75, 3.05) is 46.5 Å². The number of carbonyl (C=O) groups is 2. The zero-order valence-electron chi connectivity index (χ0n) is 12.0. The molecule has 20 heavy (non-hydrogen) atoms. The van der Waals surface area contributed by atoms with Crippen LogP contribution in [0.2, 0.25) is 0 Å². The van der Waals surface area contributed by atoms with E-state index in [1.807, 2.05) is 4.90 Å². The van der Waals surface area contributed by atoms with E-state index in [-0.39, 0.29) is 18.4 Å². The molecule has 1 atom stereocenters. The normalized spacial score (nSPS) is 31.6. The molecule has 2 saturated heterocycles. The molecule has 1 spiro atoms. The van der Waals surface area contributed by atoms with E-state index in [4.69, 9.17) is 9.47 Å². The molecular weight excluding hydrogens is 260 g/mol. The van der Waals surface area contributed by atoms with Gasteiger partial charge in [-0.25, -0.2) is 0 Å². The molecule has 0 bridgehead atoms. The predicted molar refractivity (Wildman–Crippen MR) is 71.1 cm³/mol. The Balaban J connectivity index is 1.66. The van der Waals surface area contributed by atoms with E-state index in [0.29, 0.717) is 45.2 Å². The Morgan fingerprint density at radius 2 is 2.20 bits per heavy atom. The van der Waals surface area contributed by atoms with Gasteiger partial charge in [-0.1, -0.05) is 0 Å². The molecule has 112 valence electrons. The maximum Gasteiger partial charge on any atom is 0.248 e. The third kappa shape index (κ3) is 2.96. The van der Waals surface area contributed by atoms with Crippen molar-refractivity contribution in [2.45, 2.75) is 24.9 Å². The van der Waals surface area contributed by atoms with Crippen LogP contribution in [-0.4, -0.2) is 73.7 Å². The summed E-state index contributed by atoms with van der Waals surface area (Å²) in [4.78, 5) is 27.5. The lowest BCUT2D eigenvalue weighted by atomic mass is 10.0. The van der Waals surface area contributed by atoms with E-state index in [1.165, 1.54) is 12.8 Å². The van der Waals surface area contributed by atoms with Gasteiger partial charge >= 0.3 is 0 Å². The highest BCUT2D eigenvalue weighted by Crippen LogP contribution is 2.33. The Kier molecular flexibility index (Phi) is 3.69. The van der Waals surface area contributed by atoms with Crippen LogP contribution in [0.15, 0.2) is 0 Å². The molecule has 3 aliphatic rings. The van der Waals surface area contributed by atoms with Crippen LogP contribution in [-0.2, 0) is 19.1 Å². The number of hydrogen-bond acceptors (Lipinski definition) is 4. The van der Waals surface area contributed by atoms with Crippen molar-refractivity contribution in [3.05, 3.63) is 0 Å². The summed E-state index contributed by atoms with van der Waals surface area (Å²) in [5.41, 5.74) is -0.557. The maximum atomic E-state index is 12.3. The summed E-state index contributed by atoms with van der Waals surface area (Å²) in [7, 11) is 1.76. The molecule has 1 unspecified atom stereocenters. The summed E-state index contributed by atoms with van der Waals surface area (Å²) in [6.07, 6.45) is 3.02. The van der Waals surface area contributed by atoms with Gasteiger partial charge in [-0.2, -0.15) is 0 Å². The van der Waals surface area contributed by atoms with Crippen LogP contribution in [0, 0.1) is 5.92 Å². The Morgan fingerprint density at radius 3 is 2.95 bits per heavy atom. The fourth-order valence-corrected chi connectivity index (χ4v) is 2.94. The monoisotopic (exact) mass is 282 g/mol. The molecule has 0 radical (unpaired) electrons. The van der Waals surface area contributed by atoms with Gasteiger partial charge in [0.25, 0.3) is 0 Å². The standard InChI is InChI=1S/C14H22N2O4/c1-15-8-14(10-19-7-13(15)18)9-16(4-5-20-14)12(17)6-11-2-3-11/h11H,2-10H2,1H3. The van der Waals surface area contributed by atoms with Crippen LogP contribution in [0.25, 0.3) is 0 Å². The van der Waals surface area contributed by atoms with E-state index in [0.717, 1.165) is 0 Å². The minimum atomic E-state index is -0.557. The highest BCUT2D eigenvalue weighted by molar-refractivity contribution is 5.78. The number of nitrogens with zero attached hydrogens (tertiary/aromatic N) is 2. The molecule has 6 heteroatoms. The van der Waals surface area contributed by atoms with Crippen LogP contribution in [0.5, 0.6) is 0 Å². The molecule has 3 rings (SSSR count). The highest BCUT2D eigenvalue weighted by atomic mass is 16.5. The first-order chi connectivity index (χ1) is 9.58. The first kappa shape index (κ1) is 13.8. The van der Waals surface area contributed by atoms with Gasteiger partial charge in [0.15, 0.2) is 0 Å². The maximum absolute atomic E-state index is 12.3. The van der Waals surface area contributed by atoms with Crippen LogP contribution >= 0.6 is 0 Å². The zero-order chi connectivity index (χ0) is 14.2. The van der Waals surface area contributed by atoms with Gasteiger partial charge in [-0.15, -0.1) is 0 Å². The molecule has 0 N–H and O–H groups in total. The number of carbonyl (C=O) groups excluding carboxylic acids is 2. The summed E-state index contributed by atoms with van der Waals surface area (Å²) in [5, 5.41) is 0. The fraction of sp³-hybridized carbons (Fsp3) is 0.857. The van der Waals surface area contributed by atoms with E-state index in [9.17, 15) is 9.59 Å². The second-order valence-electron chi connectivity index (χ2n) is 6.24. The Morgan fingerprint density at radius 1 is 1.40 bits per heavy atom. The van der Waals surface area contributed by atoms with E-state index >= 15 is 0 Å². The Bertz CT molecular complexity index is 410. The van der Waals surface area contributed by atoms with Gasteiger partial charge in [0, 0.05) is 20.0 Å². The van der Waals surface area contributed by atoms with Crippen molar-refractivity contribution in [2.24, 2.45) is 5.92 Å². The lowest BCUT2D eigenvalue weighted by molar-refractivity contribution is -0.161. The summed E-state index contributed by atoms with van der Waals surface area (Å²) in [6, 6.07) is 0. The minimum Gasteiger partial charge on any atom is -0.368 e. The van der Waals surface area contributed by atoms with Crippen molar-refractivity contribution in [3.8, 4) is 0 Å². The van der Waals surface area contributed by atoms with Crippen LogP contribution in [0.1, 0.15) is 19.3 Å². The van der Waals surface area contributed by atoms with E-state index < -0.39 is 5.60 Å². The predicted octanol–water partition coefficient (Wildman–Crippen LogP) is -0.127. The van der Waals surface area contributed by atoms with Gasteiger partial charge in [-0.3, -0.25) is 9.59 Å². The summed E-state index contributed by atoms with van der Waals surface area (Å²) < 4.78 is 11.3. The fourth-order valence-electron chi connectivity index (χ4n) is 2.94. The van der Waals surface area contributed by atoms with Crippen molar-refractivity contribution in [3.63, 3.8) is 0 Å². The molecule has 6 nitrogen and oxygen atoms in total. The second kappa shape index (κ2) is 5.33. The molecule has 1 saturated carbocycles. The van der Waals surface area contributed by atoms with Gasteiger partial charge < -0.3 is 19.3 Å². The molecule has 3 fully saturated rings. The number of amides is 2. The molecule has 0 aromatic rings. The minimum absolute atomic E-state index is 0.0353. The number of rotatable bonds is 2. The van der Waals surface area contributed by atoms with Crippen LogP contribution < -0.4 is 0 Å². The third-order valence-electron chi connectivity index (χ3n) is 4.30. The molecule has 0 aromatic heterocycles. The molecule has 2 heterocycles. The van der Waals surface area contributed by atoms with Crippen molar-refractivity contribution < 1.29 is 19.1 Å². The molecule has 0 aromatic carbocycles. The van der Waals surface area contributed by atoms with E-state index in [1.54, 1.807) is 11.9 Å². The SMILES string of the molecule is CN1CC2(COCC1=O)CN(C(=O)CC1CC1)CCO2. The van der Waals surface area contributed by atoms with Gasteiger partial charge in [0.2, 0.25) is 11.8 Å². The first-order valence-electron chi connectivity index (χ1n) is 7.31. The van der Waals surface area contributed by atoms with Crippen molar-refractivity contribution in [1.29, 1.82) is 0 Å². The van der Waals surface area contributed by atoms with Crippen LogP contribution in [0.3, 0.4) is 0 Å². The topological polar surface area (TPSA) is 59.1 Å². The smallest absolute Gasteiger partial charge is 0.248 e. The number of morpholine rings is 1. The molecule has 2 amide bonds. The Labute approximate surface area is 119 Å². The molecule has 1 aliphatic carbocycles. The quantitative estimate of drug-likeness (QED) is 0.708. The van der Waals surface area contributed by atoms with Crippen molar-refractivity contribution >= 4 is 11.8 Å². The summed E-state index contributed by atoms with van der Waals surface area (Å²) in [6.45, 7) is 2.63. The van der Waals surface area contributed by atoms with Crippen molar-refractivity contribution in [1.82, 2.24) is 9.80 Å². The number of ether oxygens (including phenoxy) is 2. The van der Waals surface area contributed by atoms with Crippen LogP contribution in [0.4, 0.5) is 0 Å². The Hall–Kier alpha value is -1.14. The first-order valence-corrected chi connectivity index (χ1v) is 7.31. The van der Waals surface area contributed by atoms with E-state index in [2.05, 4.69) is 0 Å². The third-order valence-corrected chi connectivity index (χ3v) is 4.30. The largest absolute Gasteiger partial charge is 0.368 e. The average molecular weight is 282 g/mol. The lowest BCUT2D eigenvalue weighted by Gasteiger charge is -2.42. The molecule has 2 aliphatic heterocycles. The average Bonchev–Trinajstić information content (AvgIpc) is 3.22. The summed E-state index contributed by atoms with van der Waals surface area (Å²) >= 11 is 0. The number of hydrogen-bond donors (Lipinski definition) is 0. The number of likely N-dealkylation sites (N-methyl/N-ethyl adjacent to an activating group) is 1. The lowest BCUT2D eigenvalue weighted by Crippen LogP contribution is -2.59. The second-order valence-corrected chi connectivity index (χ2v) is 6.24. The zero-order valence-corrected chi connectivity index (χ0v) is 12.0. The molecular formula is C14H22N2O4. The summed E-state index contributed by atoms with van der Waals surface area (Å²) in [5.74, 6) is 0.774. The van der Waals surface area contributed by atoms with Gasteiger partial charge in [-0.05, 0) is 18.8 Å². The van der Waals surface area contributed by atoms with Gasteiger partial charge in [0.1, 0.15) is 12.2 Å². The van der Waals surface area contributed by atoms with Gasteiger partial charge in [0.05, 0.1) is 26.3 Å². The highest BCUT2D eigenvalue weighted by Gasteiger charge is 2.42.